The molecule has 0 spiro atoms. The molecule has 3 N–H and O–H groups in total. The number of pyridine rings is 1. The summed E-state index contributed by atoms with van der Waals surface area (Å²) in [6, 6.07) is 0. The predicted molar refractivity (Wildman–Crippen MR) is 51.5 cm³/mol. The van der Waals surface area contributed by atoms with Crippen LogP contribution in [0.4, 0.5) is 23.4 Å². The number of hydrogen-bond donors (Lipinski definition) is 2. The van der Waals surface area contributed by atoms with Gasteiger partial charge in [0.05, 0.1) is 12.6 Å². The highest BCUT2D eigenvalue weighted by molar-refractivity contribution is 5.73. The first kappa shape index (κ1) is 14.0. The van der Waals surface area contributed by atoms with Crippen LogP contribution in [0.15, 0.2) is 6.20 Å². The van der Waals surface area contributed by atoms with Crippen molar-refractivity contribution in [1.29, 1.82) is 0 Å². The summed E-state index contributed by atoms with van der Waals surface area (Å²) in [5.41, 5.74) is 4.36. The van der Waals surface area contributed by atoms with Crippen molar-refractivity contribution in [1.82, 2.24) is 4.98 Å². The van der Waals surface area contributed by atoms with Crippen LogP contribution >= 0.6 is 0 Å². The Morgan fingerprint density at radius 3 is 2.50 bits per heavy atom. The number of aromatic nitrogens is 1. The molecule has 0 unspecified atom stereocenters. The zero-order valence-electron chi connectivity index (χ0n) is 8.79. The van der Waals surface area contributed by atoms with Crippen LogP contribution in [0.25, 0.3) is 0 Å². The van der Waals surface area contributed by atoms with Crippen LogP contribution < -0.4 is 10.5 Å². The standard InChI is InChI=1S/C9H8F4N2O3/c10-2-5-4(1-7(16)17)6(3-15-8(5)14)18-9(11,12)13/h3H,1-2H2,(H2,14,15)(H,16,17). The fourth-order valence-electron chi connectivity index (χ4n) is 1.29. The fourth-order valence-corrected chi connectivity index (χ4v) is 1.29. The molecule has 0 aromatic carbocycles. The molecule has 0 aliphatic carbocycles. The zero-order valence-corrected chi connectivity index (χ0v) is 8.79. The Morgan fingerprint density at radius 1 is 1.44 bits per heavy atom. The average Bonchev–Trinajstić information content (AvgIpc) is 2.20. The summed E-state index contributed by atoms with van der Waals surface area (Å²) in [6.07, 6.45) is -5.27. The second-order valence-electron chi connectivity index (χ2n) is 3.22. The number of halogens is 4. The third-order valence-corrected chi connectivity index (χ3v) is 1.98. The van der Waals surface area contributed by atoms with E-state index < -0.39 is 42.3 Å². The number of hydrogen-bond acceptors (Lipinski definition) is 4. The van der Waals surface area contributed by atoms with Gasteiger partial charge in [0, 0.05) is 11.1 Å². The molecule has 1 rings (SSSR count). The van der Waals surface area contributed by atoms with Crippen LogP contribution in [-0.2, 0) is 17.9 Å². The first-order valence-corrected chi connectivity index (χ1v) is 4.54. The maximum Gasteiger partial charge on any atom is 0.573 e. The van der Waals surface area contributed by atoms with Crippen LogP contribution in [0.5, 0.6) is 5.75 Å². The molecule has 0 saturated carbocycles. The van der Waals surface area contributed by atoms with Crippen molar-refractivity contribution in [3.05, 3.63) is 17.3 Å². The minimum atomic E-state index is -5.03. The number of carbonyl (C=O) groups is 1. The topological polar surface area (TPSA) is 85.4 Å². The van der Waals surface area contributed by atoms with Crippen molar-refractivity contribution < 1.29 is 32.2 Å². The van der Waals surface area contributed by atoms with E-state index in [-0.39, 0.29) is 5.82 Å². The average molecular weight is 268 g/mol. The minimum Gasteiger partial charge on any atom is -0.481 e. The van der Waals surface area contributed by atoms with Crippen molar-refractivity contribution in [2.75, 3.05) is 5.73 Å². The van der Waals surface area contributed by atoms with Crippen LogP contribution in [-0.4, -0.2) is 22.4 Å². The number of carboxylic acids is 1. The molecule has 100 valence electrons. The monoisotopic (exact) mass is 268 g/mol. The van der Waals surface area contributed by atoms with Gasteiger partial charge in [0.1, 0.15) is 12.5 Å². The van der Waals surface area contributed by atoms with Gasteiger partial charge in [-0.3, -0.25) is 4.79 Å². The number of ether oxygens (including phenoxy) is 1. The predicted octanol–water partition coefficient (Wildman–Crippen LogP) is 1.66. The van der Waals surface area contributed by atoms with E-state index in [1.54, 1.807) is 0 Å². The molecule has 0 bridgehead atoms. The Balaban J connectivity index is 3.28. The number of anilines is 1. The zero-order chi connectivity index (χ0) is 13.9. The van der Waals surface area contributed by atoms with E-state index in [0.717, 1.165) is 0 Å². The Kier molecular flexibility index (Phi) is 3.94. The molecular weight excluding hydrogens is 260 g/mol. The van der Waals surface area contributed by atoms with Gasteiger partial charge >= 0.3 is 12.3 Å². The Hall–Kier alpha value is -2.06. The smallest absolute Gasteiger partial charge is 0.481 e. The summed E-state index contributed by atoms with van der Waals surface area (Å²) >= 11 is 0. The van der Waals surface area contributed by atoms with Gasteiger partial charge in [-0.05, 0) is 0 Å². The fraction of sp³-hybridized carbons (Fsp3) is 0.333. The van der Waals surface area contributed by atoms with Gasteiger partial charge in [-0.2, -0.15) is 0 Å². The molecule has 1 heterocycles. The van der Waals surface area contributed by atoms with Gasteiger partial charge in [-0.25, -0.2) is 9.37 Å². The van der Waals surface area contributed by atoms with E-state index >= 15 is 0 Å². The highest BCUT2D eigenvalue weighted by atomic mass is 19.4. The lowest BCUT2D eigenvalue weighted by molar-refractivity contribution is -0.275. The minimum absolute atomic E-state index is 0.372. The maximum atomic E-state index is 12.7. The molecule has 0 atom stereocenters. The lowest BCUT2D eigenvalue weighted by Crippen LogP contribution is -2.20. The molecule has 1 aromatic rings. The molecule has 0 radical (unpaired) electrons. The number of alkyl halides is 4. The SMILES string of the molecule is Nc1ncc(OC(F)(F)F)c(CC(=O)O)c1CF. The van der Waals surface area contributed by atoms with Crippen LogP contribution in [0.2, 0.25) is 0 Å². The molecule has 0 fully saturated rings. The van der Waals surface area contributed by atoms with Gasteiger partial charge in [0.25, 0.3) is 0 Å². The van der Waals surface area contributed by atoms with Gasteiger partial charge in [0.15, 0.2) is 5.75 Å². The van der Waals surface area contributed by atoms with Gasteiger partial charge in [-0.15, -0.1) is 13.2 Å². The lowest BCUT2D eigenvalue weighted by atomic mass is 10.1. The summed E-state index contributed by atoms with van der Waals surface area (Å²) in [5, 5.41) is 8.58. The van der Waals surface area contributed by atoms with E-state index in [1.165, 1.54) is 0 Å². The summed E-state index contributed by atoms with van der Waals surface area (Å²) < 4.78 is 52.5. The number of aliphatic carboxylic acids is 1. The van der Waals surface area contributed by atoms with Crippen molar-refractivity contribution in [3.63, 3.8) is 0 Å². The normalized spacial score (nSPS) is 11.3. The molecule has 0 aliphatic rings. The van der Waals surface area contributed by atoms with E-state index in [2.05, 4.69) is 9.72 Å². The molecule has 0 amide bonds. The highest BCUT2D eigenvalue weighted by Crippen LogP contribution is 2.31. The number of nitrogens with two attached hydrogens (primary N) is 1. The Labute approximate surface area is 98.2 Å². The van der Waals surface area contributed by atoms with Crippen molar-refractivity contribution in [2.45, 2.75) is 19.5 Å². The van der Waals surface area contributed by atoms with Crippen LogP contribution in [0.1, 0.15) is 11.1 Å². The van der Waals surface area contributed by atoms with Crippen molar-refractivity contribution in [3.8, 4) is 5.75 Å². The summed E-state index contributed by atoms with van der Waals surface area (Å²) in [4.78, 5) is 13.9. The number of nitrogens with zero attached hydrogens (tertiary/aromatic N) is 1. The first-order valence-electron chi connectivity index (χ1n) is 4.54. The molecule has 0 aliphatic heterocycles. The molecule has 9 heteroatoms. The lowest BCUT2D eigenvalue weighted by Gasteiger charge is -2.15. The molecule has 5 nitrogen and oxygen atoms in total. The number of nitrogen functional groups attached to an aromatic ring is 1. The molecular formula is C9H8F4N2O3. The largest absolute Gasteiger partial charge is 0.573 e. The number of carboxylic acid groups (broad SMARTS) is 1. The van der Waals surface area contributed by atoms with E-state index in [1.807, 2.05) is 0 Å². The van der Waals surface area contributed by atoms with Crippen molar-refractivity contribution >= 4 is 11.8 Å². The molecule has 18 heavy (non-hydrogen) atoms. The summed E-state index contributed by atoms with van der Waals surface area (Å²) in [6.45, 7) is -1.24. The third kappa shape index (κ3) is 3.47. The van der Waals surface area contributed by atoms with E-state index in [0.29, 0.717) is 6.20 Å². The van der Waals surface area contributed by atoms with Gasteiger partial charge in [-0.1, -0.05) is 0 Å². The van der Waals surface area contributed by atoms with E-state index in [9.17, 15) is 22.4 Å². The maximum absolute atomic E-state index is 12.7. The quantitative estimate of drug-likeness (QED) is 0.811. The van der Waals surface area contributed by atoms with Crippen LogP contribution in [0.3, 0.4) is 0 Å². The summed E-state index contributed by atoms with van der Waals surface area (Å²) in [5.74, 6) is -2.68. The molecule has 0 saturated heterocycles. The first-order chi connectivity index (χ1) is 8.24. The van der Waals surface area contributed by atoms with Gasteiger partial charge < -0.3 is 15.6 Å². The second kappa shape index (κ2) is 5.07. The van der Waals surface area contributed by atoms with Gasteiger partial charge in [0.2, 0.25) is 0 Å². The summed E-state index contributed by atoms with van der Waals surface area (Å²) in [7, 11) is 0. The molecule has 1 aromatic heterocycles. The van der Waals surface area contributed by atoms with E-state index in [4.69, 9.17) is 10.8 Å². The van der Waals surface area contributed by atoms with Crippen LogP contribution in [0, 0.1) is 0 Å². The van der Waals surface area contributed by atoms with Crippen molar-refractivity contribution in [2.24, 2.45) is 0 Å². The third-order valence-electron chi connectivity index (χ3n) is 1.98. The Bertz CT molecular complexity index is 462. The number of rotatable bonds is 4. The Morgan fingerprint density at radius 2 is 2.06 bits per heavy atom. The second-order valence-corrected chi connectivity index (χ2v) is 3.22. The highest BCUT2D eigenvalue weighted by Gasteiger charge is 2.33.